The lowest BCUT2D eigenvalue weighted by atomic mass is 9.92. The second-order valence-corrected chi connectivity index (χ2v) is 7.51. The average Bonchev–Trinajstić information content (AvgIpc) is 2.69. The number of aromatic nitrogens is 1. The van der Waals surface area contributed by atoms with Gasteiger partial charge in [0, 0.05) is 13.5 Å². The highest BCUT2D eigenvalue weighted by atomic mass is 32.1. The van der Waals surface area contributed by atoms with E-state index in [0.717, 1.165) is 11.3 Å². The van der Waals surface area contributed by atoms with Gasteiger partial charge in [0.25, 0.3) is 0 Å². The van der Waals surface area contributed by atoms with Crippen molar-refractivity contribution < 1.29 is 22.7 Å². The Kier molecular flexibility index (Phi) is 4.93. The fraction of sp³-hybridized carbons (Fsp3) is 0.467. The smallest absolute Gasteiger partial charge is 0.406 e. The molecule has 24 heavy (non-hydrogen) atoms. The van der Waals surface area contributed by atoms with E-state index in [2.05, 4.69) is 15.3 Å². The number of amides is 1. The van der Waals surface area contributed by atoms with E-state index in [0.29, 0.717) is 21.4 Å². The number of rotatable bonds is 3. The van der Waals surface area contributed by atoms with Gasteiger partial charge in [-0.2, -0.15) is 0 Å². The molecule has 0 atom stereocenters. The van der Waals surface area contributed by atoms with E-state index >= 15 is 0 Å². The molecule has 0 bridgehead atoms. The summed E-state index contributed by atoms with van der Waals surface area (Å²) in [6.07, 6.45) is -4.42. The number of carbonyl (C=O) groups excluding carboxylic acids is 1. The Labute approximate surface area is 140 Å². The standard InChI is InChI=1S/C15H18F3N3O2S/c1-14(2,3)8-12(22)19-20-13-21(4)10-6-5-9(7-11(10)24-13)23-15(16,17)18/h5-7H,8H2,1-4H3,(H,19,22)/b20-13-. The van der Waals surface area contributed by atoms with E-state index in [-0.39, 0.29) is 17.1 Å². The zero-order valence-electron chi connectivity index (χ0n) is 13.7. The summed E-state index contributed by atoms with van der Waals surface area (Å²) in [5, 5.41) is 4.05. The summed E-state index contributed by atoms with van der Waals surface area (Å²) in [6, 6.07) is 4.05. The molecule has 0 saturated carbocycles. The molecule has 1 heterocycles. The van der Waals surface area contributed by atoms with Crippen molar-refractivity contribution in [3.8, 4) is 5.75 Å². The molecule has 0 spiro atoms. The molecule has 0 saturated heterocycles. The van der Waals surface area contributed by atoms with Crippen LogP contribution in [0.3, 0.4) is 0 Å². The van der Waals surface area contributed by atoms with Crippen LogP contribution in [0.4, 0.5) is 13.2 Å². The Hall–Kier alpha value is -2.03. The first-order valence-corrected chi connectivity index (χ1v) is 7.94. The number of halogens is 3. The van der Waals surface area contributed by atoms with Crippen LogP contribution in [0.15, 0.2) is 23.3 Å². The number of nitrogens with one attached hydrogen (secondary N) is 1. The minimum Gasteiger partial charge on any atom is -0.406 e. The number of alkyl halides is 3. The number of thiazole rings is 1. The molecule has 0 aliphatic carbocycles. The minimum absolute atomic E-state index is 0.161. The predicted molar refractivity (Wildman–Crippen MR) is 85.3 cm³/mol. The highest BCUT2D eigenvalue weighted by Gasteiger charge is 2.31. The third kappa shape index (κ3) is 4.98. The lowest BCUT2D eigenvalue weighted by Gasteiger charge is -2.15. The second-order valence-electron chi connectivity index (χ2n) is 6.51. The minimum atomic E-state index is -4.73. The normalized spacial score (nSPS) is 13.4. The fourth-order valence-electron chi connectivity index (χ4n) is 2.05. The van der Waals surface area contributed by atoms with E-state index < -0.39 is 6.36 Å². The Morgan fingerprint density at radius 3 is 2.58 bits per heavy atom. The maximum absolute atomic E-state index is 12.3. The maximum atomic E-state index is 12.3. The molecule has 2 rings (SSSR count). The zero-order valence-corrected chi connectivity index (χ0v) is 14.5. The van der Waals surface area contributed by atoms with Gasteiger partial charge in [-0.3, -0.25) is 4.79 Å². The van der Waals surface area contributed by atoms with Crippen LogP contribution in [-0.4, -0.2) is 16.8 Å². The van der Waals surface area contributed by atoms with Gasteiger partial charge in [0.05, 0.1) is 10.2 Å². The highest BCUT2D eigenvalue weighted by Crippen LogP contribution is 2.27. The molecule has 2 aromatic rings. The van der Waals surface area contributed by atoms with Crippen LogP contribution in [0.5, 0.6) is 5.75 Å². The maximum Gasteiger partial charge on any atom is 0.573 e. The Balaban J connectivity index is 2.27. The summed E-state index contributed by atoms with van der Waals surface area (Å²) in [7, 11) is 1.72. The molecular formula is C15H18F3N3O2S. The first-order valence-electron chi connectivity index (χ1n) is 7.12. The molecule has 1 N–H and O–H groups in total. The van der Waals surface area contributed by atoms with Crippen LogP contribution in [0.2, 0.25) is 0 Å². The molecule has 0 radical (unpaired) electrons. The van der Waals surface area contributed by atoms with Crippen molar-refractivity contribution >= 4 is 27.5 Å². The van der Waals surface area contributed by atoms with E-state index in [1.54, 1.807) is 11.6 Å². The molecular weight excluding hydrogens is 343 g/mol. The Morgan fingerprint density at radius 1 is 1.33 bits per heavy atom. The summed E-state index contributed by atoms with van der Waals surface area (Å²) >= 11 is 1.16. The highest BCUT2D eigenvalue weighted by molar-refractivity contribution is 7.16. The van der Waals surface area contributed by atoms with E-state index in [4.69, 9.17) is 0 Å². The van der Waals surface area contributed by atoms with E-state index in [1.165, 1.54) is 18.2 Å². The summed E-state index contributed by atoms with van der Waals surface area (Å²) in [4.78, 5) is 12.3. The largest absolute Gasteiger partial charge is 0.573 e. The van der Waals surface area contributed by atoms with Crippen LogP contribution < -0.4 is 15.0 Å². The molecule has 0 unspecified atom stereocenters. The number of ether oxygens (including phenoxy) is 1. The van der Waals surface area contributed by atoms with Crippen molar-refractivity contribution in [3.05, 3.63) is 23.0 Å². The van der Waals surface area contributed by atoms with Crippen LogP contribution in [0.1, 0.15) is 27.2 Å². The quantitative estimate of drug-likeness (QED) is 0.851. The average molecular weight is 361 g/mol. The van der Waals surface area contributed by atoms with Gasteiger partial charge in [-0.25, -0.2) is 5.43 Å². The van der Waals surface area contributed by atoms with Crippen molar-refractivity contribution in [2.24, 2.45) is 17.6 Å². The molecule has 0 aliphatic heterocycles. The summed E-state index contributed by atoms with van der Waals surface area (Å²) in [5.41, 5.74) is 3.01. The van der Waals surface area contributed by atoms with Gasteiger partial charge < -0.3 is 9.30 Å². The SMILES string of the molecule is Cn1/c(=N/NC(=O)CC(C)(C)C)sc2cc(OC(F)(F)F)ccc21. The molecule has 1 amide bonds. The zero-order chi connectivity index (χ0) is 18.1. The van der Waals surface area contributed by atoms with Gasteiger partial charge in [-0.05, 0) is 23.6 Å². The number of nitrogens with zero attached hydrogens (tertiary/aromatic N) is 2. The third-order valence-electron chi connectivity index (χ3n) is 2.98. The van der Waals surface area contributed by atoms with Crippen LogP contribution >= 0.6 is 11.3 Å². The van der Waals surface area contributed by atoms with Crippen molar-refractivity contribution in [2.75, 3.05) is 0 Å². The second kappa shape index (κ2) is 6.46. The molecule has 132 valence electrons. The molecule has 1 aromatic carbocycles. The Morgan fingerprint density at radius 2 is 2.00 bits per heavy atom. The first kappa shape index (κ1) is 18.3. The van der Waals surface area contributed by atoms with Gasteiger partial charge in [0.15, 0.2) is 0 Å². The molecule has 0 aliphatic rings. The molecule has 5 nitrogen and oxygen atoms in total. The molecule has 0 fully saturated rings. The third-order valence-corrected chi connectivity index (χ3v) is 4.08. The fourth-order valence-corrected chi connectivity index (χ4v) is 3.06. The Bertz CT molecular complexity index is 816. The van der Waals surface area contributed by atoms with Gasteiger partial charge >= 0.3 is 6.36 Å². The number of benzene rings is 1. The number of aryl methyl sites for hydroxylation is 1. The lowest BCUT2D eigenvalue weighted by molar-refractivity contribution is -0.274. The lowest BCUT2D eigenvalue weighted by Crippen LogP contribution is -2.26. The van der Waals surface area contributed by atoms with Crippen LogP contribution in [0, 0.1) is 5.41 Å². The molecule has 9 heteroatoms. The van der Waals surface area contributed by atoms with Crippen molar-refractivity contribution in [3.63, 3.8) is 0 Å². The van der Waals surface area contributed by atoms with Crippen LogP contribution in [-0.2, 0) is 11.8 Å². The number of carbonyl (C=O) groups is 1. The summed E-state index contributed by atoms with van der Waals surface area (Å²) < 4.78 is 43.0. The van der Waals surface area contributed by atoms with E-state index in [9.17, 15) is 18.0 Å². The van der Waals surface area contributed by atoms with Crippen molar-refractivity contribution in [1.82, 2.24) is 9.99 Å². The van der Waals surface area contributed by atoms with Crippen LogP contribution in [0.25, 0.3) is 10.2 Å². The van der Waals surface area contributed by atoms with Crippen molar-refractivity contribution in [2.45, 2.75) is 33.6 Å². The first-order chi connectivity index (χ1) is 10.9. The van der Waals surface area contributed by atoms with Gasteiger partial charge in [0.2, 0.25) is 10.7 Å². The molecule has 1 aromatic heterocycles. The van der Waals surface area contributed by atoms with Gasteiger partial charge in [-0.15, -0.1) is 18.3 Å². The predicted octanol–water partition coefficient (Wildman–Crippen LogP) is 3.51. The number of hydrogen-bond acceptors (Lipinski definition) is 4. The summed E-state index contributed by atoms with van der Waals surface area (Å²) in [5.74, 6) is -0.513. The van der Waals surface area contributed by atoms with Crippen molar-refractivity contribution in [1.29, 1.82) is 0 Å². The van der Waals surface area contributed by atoms with E-state index in [1.807, 2.05) is 20.8 Å². The number of hydrogen-bond donors (Lipinski definition) is 1. The van der Waals surface area contributed by atoms with Gasteiger partial charge in [0.1, 0.15) is 5.75 Å². The monoisotopic (exact) mass is 361 g/mol. The number of fused-ring (bicyclic) bond motifs is 1. The van der Waals surface area contributed by atoms with Gasteiger partial charge in [-0.1, -0.05) is 32.1 Å². The topological polar surface area (TPSA) is 55.6 Å². The summed E-state index contributed by atoms with van der Waals surface area (Å²) in [6.45, 7) is 5.82.